The zero-order chi connectivity index (χ0) is 20.8. The van der Waals surface area contributed by atoms with Crippen molar-refractivity contribution in [2.24, 2.45) is 0 Å². The number of fused-ring (bicyclic) bond motifs is 1. The number of aromatic nitrogens is 4. The van der Waals surface area contributed by atoms with Crippen molar-refractivity contribution in [2.75, 3.05) is 0 Å². The van der Waals surface area contributed by atoms with E-state index in [0.29, 0.717) is 5.69 Å². The lowest BCUT2D eigenvalue weighted by Gasteiger charge is -2.24. The van der Waals surface area contributed by atoms with E-state index in [2.05, 4.69) is 9.97 Å². The van der Waals surface area contributed by atoms with Gasteiger partial charge in [0.15, 0.2) is 5.65 Å². The second kappa shape index (κ2) is 6.84. The quantitative estimate of drug-likeness (QED) is 0.581. The molecular formula is C22H21FN4O2. The van der Waals surface area contributed by atoms with E-state index in [9.17, 15) is 14.0 Å². The standard InChI is InChI=1S/C22H21FN4O2/c1-22(2,3)15-9-5-7-11-17(15)27-19-18(24-13-25-19)20(28)26(21(27)29)12-14-8-4-6-10-16(14)23/h4-11,13H,12H2,1-3H3,(H,24,25). The van der Waals surface area contributed by atoms with E-state index in [1.165, 1.54) is 17.0 Å². The van der Waals surface area contributed by atoms with Gasteiger partial charge in [-0.15, -0.1) is 0 Å². The zero-order valence-electron chi connectivity index (χ0n) is 16.4. The number of nitrogens with one attached hydrogen (secondary N) is 1. The summed E-state index contributed by atoms with van der Waals surface area (Å²) in [7, 11) is 0. The van der Waals surface area contributed by atoms with E-state index >= 15 is 0 Å². The fourth-order valence-corrected chi connectivity index (χ4v) is 3.50. The molecule has 0 saturated carbocycles. The van der Waals surface area contributed by atoms with Gasteiger partial charge in [-0.3, -0.25) is 9.36 Å². The summed E-state index contributed by atoms with van der Waals surface area (Å²) in [5.41, 5.74) is 0.953. The molecule has 0 radical (unpaired) electrons. The first-order valence-electron chi connectivity index (χ1n) is 9.31. The molecule has 29 heavy (non-hydrogen) atoms. The molecule has 148 valence electrons. The molecule has 2 aromatic heterocycles. The van der Waals surface area contributed by atoms with Gasteiger partial charge in [0, 0.05) is 5.56 Å². The molecule has 0 aliphatic carbocycles. The van der Waals surface area contributed by atoms with Crippen LogP contribution in [0.5, 0.6) is 0 Å². The van der Waals surface area contributed by atoms with Crippen LogP contribution in [0, 0.1) is 5.82 Å². The smallest absolute Gasteiger partial charge is 0.337 e. The van der Waals surface area contributed by atoms with Crippen LogP contribution in [0.4, 0.5) is 4.39 Å². The number of halogens is 1. The van der Waals surface area contributed by atoms with Gasteiger partial charge in [0.2, 0.25) is 0 Å². The second-order valence-electron chi connectivity index (χ2n) is 7.97. The van der Waals surface area contributed by atoms with E-state index in [-0.39, 0.29) is 28.7 Å². The molecule has 0 aliphatic heterocycles. The van der Waals surface area contributed by atoms with E-state index in [4.69, 9.17) is 0 Å². The van der Waals surface area contributed by atoms with Gasteiger partial charge < -0.3 is 4.98 Å². The fourth-order valence-electron chi connectivity index (χ4n) is 3.50. The van der Waals surface area contributed by atoms with Gasteiger partial charge in [-0.1, -0.05) is 57.2 Å². The number of nitrogens with zero attached hydrogens (tertiary/aromatic N) is 3. The fraction of sp³-hybridized carbons (Fsp3) is 0.227. The van der Waals surface area contributed by atoms with Crippen LogP contribution in [0.3, 0.4) is 0 Å². The Kier molecular flexibility index (Phi) is 4.45. The molecule has 2 heterocycles. The van der Waals surface area contributed by atoms with E-state index in [1.54, 1.807) is 18.2 Å². The number of rotatable bonds is 3. The average molecular weight is 392 g/mol. The summed E-state index contributed by atoms with van der Waals surface area (Å²) in [6.07, 6.45) is 1.38. The van der Waals surface area contributed by atoms with Gasteiger partial charge in [0.1, 0.15) is 11.3 Å². The van der Waals surface area contributed by atoms with Gasteiger partial charge in [-0.05, 0) is 23.1 Å². The predicted molar refractivity (Wildman–Crippen MR) is 110 cm³/mol. The van der Waals surface area contributed by atoms with Crippen molar-refractivity contribution in [3.63, 3.8) is 0 Å². The average Bonchev–Trinajstić information content (AvgIpc) is 3.16. The van der Waals surface area contributed by atoms with Crippen LogP contribution in [0.1, 0.15) is 31.9 Å². The maximum atomic E-state index is 14.2. The minimum Gasteiger partial charge on any atom is -0.339 e. The van der Waals surface area contributed by atoms with Gasteiger partial charge in [-0.25, -0.2) is 18.7 Å². The highest BCUT2D eigenvalue weighted by atomic mass is 19.1. The van der Waals surface area contributed by atoms with Gasteiger partial charge in [0.05, 0.1) is 18.6 Å². The molecule has 0 bridgehead atoms. The summed E-state index contributed by atoms with van der Waals surface area (Å²) in [5.74, 6) is -0.467. The molecule has 7 heteroatoms. The lowest BCUT2D eigenvalue weighted by atomic mass is 9.86. The topological polar surface area (TPSA) is 72.7 Å². The number of benzene rings is 2. The molecule has 0 saturated heterocycles. The molecule has 1 N–H and O–H groups in total. The number of hydrogen-bond donors (Lipinski definition) is 1. The molecule has 0 unspecified atom stereocenters. The minimum atomic E-state index is -0.561. The first-order chi connectivity index (χ1) is 13.8. The SMILES string of the molecule is CC(C)(C)c1ccccc1-n1c(=O)n(Cc2ccccc2F)c(=O)c2[nH]cnc21. The molecule has 6 nitrogen and oxygen atoms in total. The predicted octanol–water partition coefficient (Wildman–Crippen LogP) is 3.36. The van der Waals surface area contributed by atoms with Crippen molar-refractivity contribution in [1.29, 1.82) is 0 Å². The number of para-hydroxylation sites is 1. The number of aromatic amines is 1. The number of H-pyrrole nitrogens is 1. The minimum absolute atomic E-state index is 0.170. The molecule has 0 spiro atoms. The Labute approximate surface area is 166 Å². The third-order valence-electron chi connectivity index (χ3n) is 4.95. The molecule has 0 aliphatic rings. The highest BCUT2D eigenvalue weighted by molar-refractivity contribution is 5.72. The normalized spacial score (nSPS) is 11.9. The van der Waals surface area contributed by atoms with Gasteiger partial charge >= 0.3 is 5.69 Å². The van der Waals surface area contributed by atoms with Crippen molar-refractivity contribution in [3.05, 3.63) is 92.6 Å². The van der Waals surface area contributed by atoms with Crippen LogP contribution >= 0.6 is 0 Å². The third-order valence-corrected chi connectivity index (χ3v) is 4.95. The van der Waals surface area contributed by atoms with Crippen LogP contribution in [-0.2, 0) is 12.0 Å². The second-order valence-corrected chi connectivity index (χ2v) is 7.97. The molecule has 4 rings (SSSR count). The Morgan fingerprint density at radius 2 is 1.72 bits per heavy atom. The zero-order valence-corrected chi connectivity index (χ0v) is 16.4. The van der Waals surface area contributed by atoms with Gasteiger partial charge in [-0.2, -0.15) is 0 Å². The van der Waals surface area contributed by atoms with E-state index in [0.717, 1.165) is 10.1 Å². The van der Waals surface area contributed by atoms with Crippen LogP contribution in [0.15, 0.2) is 64.4 Å². The third kappa shape index (κ3) is 3.18. The Hall–Kier alpha value is -3.48. The summed E-state index contributed by atoms with van der Waals surface area (Å²) >= 11 is 0. The molecule has 4 aromatic rings. The summed E-state index contributed by atoms with van der Waals surface area (Å²) in [6, 6.07) is 13.6. The maximum Gasteiger partial charge on any atom is 0.337 e. The molecule has 0 amide bonds. The van der Waals surface area contributed by atoms with Crippen molar-refractivity contribution < 1.29 is 4.39 Å². The van der Waals surface area contributed by atoms with Crippen molar-refractivity contribution >= 4 is 11.2 Å². The van der Waals surface area contributed by atoms with Crippen LogP contribution in [0.2, 0.25) is 0 Å². The monoisotopic (exact) mass is 392 g/mol. The lowest BCUT2D eigenvalue weighted by Crippen LogP contribution is -2.40. The van der Waals surface area contributed by atoms with Crippen LogP contribution in [-0.4, -0.2) is 19.1 Å². The van der Waals surface area contributed by atoms with E-state index in [1.807, 2.05) is 45.0 Å². The summed E-state index contributed by atoms with van der Waals surface area (Å²) in [5, 5.41) is 0. The maximum absolute atomic E-state index is 14.2. The van der Waals surface area contributed by atoms with Crippen LogP contribution < -0.4 is 11.2 Å². The molecule has 0 atom stereocenters. The van der Waals surface area contributed by atoms with Crippen LogP contribution in [0.25, 0.3) is 16.9 Å². The highest BCUT2D eigenvalue weighted by Gasteiger charge is 2.23. The molecular weight excluding hydrogens is 371 g/mol. The summed E-state index contributed by atoms with van der Waals surface area (Å²) in [6.45, 7) is 5.98. The van der Waals surface area contributed by atoms with Crippen molar-refractivity contribution in [3.8, 4) is 5.69 Å². The van der Waals surface area contributed by atoms with E-state index < -0.39 is 17.1 Å². The Morgan fingerprint density at radius 3 is 2.45 bits per heavy atom. The number of imidazole rings is 1. The Morgan fingerprint density at radius 1 is 1.03 bits per heavy atom. The Bertz CT molecular complexity index is 1330. The summed E-state index contributed by atoms with van der Waals surface area (Å²) in [4.78, 5) is 33.4. The Balaban J connectivity index is 2.05. The van der Waals surface area contributed by atoms with Gasteiger partial charge in [0.25, 0.3) is 5.56 Å². The first kappa shape index (κ1) is 18.9. The molecule has 0 fully saturated rings. The lowest BCUT2D eigenvalue weighted by molar-refractivity contribution is 0.576. The van der Waals surface area contributed by atoms with Crippen molar-refractivity contribution in [2.45, 2.75) is 32.7 Å². The van der Waals surface area contributed by atoms with Crippen molar-refractivity contribution in [1.82, 2.24) is 19.1 Å². The highest BCUT2D eigenvalue weighted by Crippen LogP contribution is 2.28. The first-order valence-corrected chi connectivity index (χ1v) is 9.31. The number of hydrogen-bond acceptors (Lipinski definition) is 3. The summed E-state index contributed by atoms with van der Waals surface area (Å²) < 4.78 is 16.7. The molecule has 2 aromatic carbocycles. The largest absolute Gasteiger partial charge is 0.339 e.